The Morgan fingerprint density at radius 1 is 1.23 bits per heavy atom. The zero-order chi connectivity index (χ0) is 20.8. The van der Waals surface area contributed by atoms with Crippen molar-refractivity contribution in [2.24, 2.45) is 11.8 Å². The first-order chi connectivity index (χ1) is 14.5. The Morgan fingerprint density at radius 2 is 1.93 bits per heavy atom. The minimum atomic E-state index is -0.301. The van der Waals surface area contributed by atoms with Gasteiger partial charge in [0, 0.05) is 6.04 Å². The number of fused-ring (bicyclic) bond motifs is 2. The number of benzene rings is 1. The number of aryl methyl sites for hydroxylation is 1. The summed E-state index contributed by atoms with van der Waals surface area (Å²) in [7, 11) is 0. The van der Waals surface area contributed by atoms with Crippen molar-refractivity contribution in [1.82, 2.24) is 24.9 Å². The summed E-state index contributed by atoms with van der Waals surface area (Å²) in [5.74, 6) is 1.11. The molecule has 9 heteroatoms. The molecule has 1 saturated carbocycles. The van der Waals surface area contributed by atoms with Crippen molar-refractivity contribution in [3.63, 3.8) is 0 Å². The largest absolute Gasteiger partial charge is 0.491 e. The number of halogens is 1. The summed E-state index contributed by atoms with van der Waals surface area (Å²) in [6.07, 6.45) is 5.20. The number of amides is 1. The van der Waals surface area contributed by atoms with Crippen molar-refractivity contribution in [1.29, 1.82) is 0 Å². The number of carbonyl (C=O) groups is 1. The molecule has 2 aliphatic heterocycles. The normalized spacial score (nSPS) is 25.1. The lowest BCUT2D eigenvalue weighted by atomic mass is 9.64. The van der Waals surface area contributed by atoms with Crippen molar-refractivity contribution >= 4 is 17.2 Å². The molecule has 1 aliphatic carbocycles. The Hall–Kier alpha value is -2.81. The molecule has 156 valence electrons. The van der Waals surface area contributed by atoms with Gasteiger partial charge in [0.05, 0.1) is 23.4 Å². The highest BCUT2D eigenvalue weighted by molar-refractivity contribution is 7.14. The van der Waals surface area contributed by atoms with Crippen molar-refractivity contribution in [3.05, 3.63) is 53.2 Å². The number of aromatic nitrogens is 4. The highest BCUT2D eigenvalue weighted by Crippen LogP contribution is 2.47. The van der Waals surface area contributed by atoms with E-state index in [0.29, 0.717) is 34.9 Å². The average molecular weight is 428 g/mol. The van der Waals surface area contributed by atoms with E-state index in [0.717, 1.165) is 17.8 Å². The van der Waals surface area contributed by atoms with Crippen LogP contribution in [0.4, 0.5) is 4.39 Å². The van der Waals surface area contributed by atoms with E-state index < -0.39 is 0 Å². The molecule has 3 fully saturated rings. The van der Waals surface area contributed by atoms with Gasteiger partial charge in [0.25, 0.3) is 5.91 Å². The van der Waals surface area contributed by atoms with Crippen LogP contribution in [-0.4, -0.2) is 49.5 Å². The molecule has 0 N–H and O–H groups in total. The van der Waals surface area contributed by atoms with E-state index in [-0.39, 0.29) is 23.8 Å². The zero-order valence-corrected chi connectivity index (χ0v) is 17.6. The summed E-state index contributed by atoms with van der Waals surface area (Å²) in [5.41, 5.74) is 0.387. The molecule has 2 saturated heterocycles. The first-order valence-corrected chi connectivity index (χ1v) is 10.9. The topological polar surface area (TPSA) is 73.1 Å². The lowest BCUT2D eigenvalue weighted by Gasteiger charge is -2.56. The molecule has 1 amide bonds. The van der Waals surface area contributed by atoms with E-state index in [1.807, 2.05) is 11.8 Å². The highest BCUT2D eigenvalue weighted by atomic mass is 32.1. The van der Waals surface area contributed by atoms with Crippen molar-refractivity contribution in [3.8, 4) is 10.8 Å². The number of ether oxygens (including phenoxy) is 1. The number of rotatable bonds is 5. The van der Waals surface area contributed by atoms with Crippen LogP contribution < -0.4 is 4.74 Å². The van der Waals surface area contributed by atoms with Crippen LogP contribution in [0.1, 0.15) is 35.3 Å². The first-order valence-electron chi connectivity index (χ1n) is 10.1. The molecular weight excluding hydrogens is 405 g/mol. The Kier molecular flexibility index (Phi) is 4.77. The third-order valence-corrected chi connectivity index (χ3v) is 7.18. The van der Waals surface area contributed by atoms with Gasteiger partial charge in [-0.15, -0.1) is 4.80 Å². The molecule has 0 unspecified atom stereocenters. The number of thiazole rings is 1. The standard InChI is InChI=1S/C21H22FN5O2S/c1-12-14-9-16(10-14)26(18(12)11-29-17-5-3-15(22)4-6-17)20(28)19-21(30-13(2)25-19)27-23-7-8-24-27/h3-8,12,14,16,18H,9-11H2,1-2H3/t12-,14?,16?,18+/m0/s1. The summed E-state index contributed by atoms with van der Waals surface area (Å²) in [6.45, 7) is 4.42. The predicted molar refractivity (Wildman–Crippen MR) is 109 cm³/mol. The molecule has 0 spiro atoms. The molecule has 6 rings (SSSR count). The number of nitrogens with zero attached hydrogens (tertiary/aromatic N) is 5. The lowest BCUT2D eigenvalue weighted by Crippen LogP contribution is -2.64. The Labute approximate surface area is 177 Å². The zero-order valence-electron chi connectivity index (χ0n) is 16.7. The SMILES string of the molecule is Cc1nc(C(=O)N2C3CC(C3)[C@H](C)[C@H]2COc2ccc(F)cc2)c(-n2nccn2)s1. The minimum Gasteiger partial charge on any atom is -0.491 e. The maximum absolute atomic E-state index is 13.7. The minimum absolute atomic E-state index is 0.0690. The van der Waals surface area contributed by atoms with Gasteiger partial charge in [0.15, 0.2) is 10.7 Å². The molecule has 2 bridgehead atoms. The molecule has 2 aromatic heterocycles. The van der Waals surface area contributed by atoms with Crippen molar-refractivity contribution in [2.45, 2.75) is 38.8 Å². The van der Waals surface area contributed by atoms with Gasteiger partial charge in [-0.25, -0.2) is 9.37 Å². The van der Waals surface area contributed by atoms with Crippen LogP contribution in [0.25, 0.3) is 5.00 Å². The first kappa shape index (κ1) is 19.2. The van der Waals surface area contributed by atoms with Gasteiger partial charge in [-0.1, -0.05) is 18.3 Å². The Morgan fingerprint density at radius 3 is 2.63 bits per heavy atom. The fraction of sp³-hybridized carbons (Fsp3) is 0.429. The number of carbonyl (C=O) groups excluding carboxylic acids is 1. The summed E-state index contributed by atoms with van der Waals surface area (Å²) >= 11 is 1.40. The smallest absolute Gasteiger partial charge is 0.276 e. The number of piperidine rings is 2. The van der Waals surface area contributed by atoms with Crippen LogP contribution in [0.15, 0.2) is 36.7 Å². The van der Waals surface area contributed by atoms with Gasteiger partial charge in [-0.05, 0) is 55.9 Å². The lowest BCUT2D eigenvalue weighted by molar-refractivity contribution is -0.0673. The Bertz CT molecular complexity index is 1050. The summed E-state index contributed by atoms with van der Waals surface area (Å²) in [4.78, 5) is 21.6. The average Bonchev–Trinajstić information content (AvgIpc) is 3.35. The van der Waals surface area contributed by atoms with Crippen LogP contribution >= 0.6 is 11.3 Å². The van der Waals surface area contributed by atoms with Crippen LogP contribution in [0.3, 0.4) is 0 Å². The van der Waals surface area contributed by atoms with E-state index >= 15 is 0 Å². The third kappa shape index (κ3) is 3.27. The van der Waals surface area contributed by atoms with Gasteiger partial charge in [0.2, 0.25) is 0 Å². The maximum Gasteiger partial charge on any atom is 0.276 e. The second-order valence-corrected chi connectivity index (χ2v) is 9.18. The summed E-state index contributed by atoms with van der Waals surface area (Å²) in [5, 5.41) is 9.79. The van der Waals surface area contributed by atoms with E-state index in [1.54, 1.807) is 24.5 Å². The molecule has 4 heterocycles. The second kappa shape index (κ2) is 7.46. The molecular formula is C21H22FN5O2S. The molecule has 3 aliphatic rings. The maximum atomic E-state index is 13.7. The molecule has 2 atom stereocenters. The van der Waals surface area contributed by atoms with Gasteiger partial charge >= 0.3 is 0 Å². The fourth-order valence-corrected chi connectivity index (χ4v) is 5.34. The fourth-order valence-electron chi connectivity index (χ4n) is 4.52. The van der Waals surface area contributed by atoms with E-state index in [4.69, 9.17) is 4.74 Å². The third-order valence-electron chi connectivity index (χ3n) is 6.24. The van der Waals surface area contributed by atoms with E-state index in [2.05, 4.69) is 22.1 Å². The molecule has 0 radical (unpaired) electrons. The quantitative estimate of drug-likeness (QED) is 0.623. The molecule has 7 nitrogen and oxygen atoms in total. The number of hydrogen-bond acceptors (Lipinski definition) is 6. The highest BCUT2D eigenvalue weighted by Gasteiger charge is 2.51. The van der Waals surface area contributed by atoms with E-state index in [9.17, 15) is 9.18 Å². The van der Waals surface area contributed by atoms with Crippen molar-refractivity contribution in [2.75, 3.05) is 6.61 Å². The van der Waals surface area contributed by atoms with Gasteiger partial charge < -0.3 is 9.64 Å². The van der Waals surface area contributed by atoms with Crippen LogP contribution in [0.5, 0.6) is 5.75 Å². The van der Waals surface area contributed by atoms with Crippen LogP contribution in [-0.2, 0) is 0 Å². The summed E-state index contributed by atoms with van der Waals surface area (Å²) < 4.78 is 19.1. The van der Waals surface area contributed by atoms with Crippen LogP contribution in [0, 0.1) is 24.6 Å². The summed E-state index contributed by atoms with van der Waals surface area (Å²) in [6, 6.07) is 6.10. The predicted octanol–water partition coefficient (Wildman–Crippen LogP) is 3.49. The van der Waals surface area contributed by atoms with Gasteiger partial charge in [-0.3, -0.25) is 4.79 Å². The van der Waals surface area contributed by atoms with E-state index in [1.165, 1.54) is 28.3 Å². The Balaban J connectivity index is 1.42. The second-order valence-electron chi connectivity index (χ2n) is 7.99. The molecule has 3 aromatic rings. The van der Waals surface area contributed by atoms with Crippen LogP contribution in [0.2, 0.25) is 0 Å². The molecule has 1 aromatic carbocycles. The number of hydrogen-bond donors (Lipinski definition) is 0. The van der Waals surface area contributed by atoms with Crippen molar-refractivity contribution < 1.29 is 13.9 Å². The monoisotopic (exact) mass is 427 g/mol. The van der Waals surface area contributed by atoms with Gasteiger partial charge in [-0.2, -0.15) is 10.2 Å². The molecule has 30 heavy (non-hydrogen) atoms. The van der Waals surface area contributed by atoms with Gasteiger partial charge in [0.1, 0.15) is 18.2 Å².